The highest BCUT2D eigenvalue weighted by Crippen LogP contribution is 2.28. The quantitative estimate of drug-likeness (QED) is 0.668. The Morgan fingerprint density at radius 1 is 1.22 bits per heavy atom. The smallest absolute Gasteiger partial charge is 0.305 e. The highest BCUT2D eigenvalue weighted by atomic mass is 19.1. The third-order valence-corrected chi connectivity index (χ3v) is 4.77. The third kappa shape index (κ3) is 3.56. The van der Waals surface area contributed by atoms with Gasteiger partial charge in [-0.3, -0.25) is 9.78 Å². The fourth-order valence-corrected chi connectivity index (χ4v) is 3.40. The zero-order valence-electron chi connectivity index (χ0n) is 15.5. The maximum Gasteiger partial charge on any atom is 0.305 e. The molecule has 0 unspecified atom stereocenters. The Balaban J connectivity index is 2.17. The van der Waals surface area contributed by atoms with Gasteiger partial charge in [0.25, 0.3) is 0 Å². The summed E-state index contributed by atoms with van der Waals surface area (Å²) >= 11 is 0. The summed E-state index contributed by atoms with van der Waals surface area (Å²) in [4.78, 5) is 26.8. The Kier molecular flexibility index (Phi) is 5.26. The molecule has 0 aliphatic carbocycles. The number of carbonyl (C=O) groups is 1. The lowest BCUT2D eigenvalue weighted by molar-refractivity contribution is -0.118. The van der Waals surface area contributed by atoms with Gasteiger partial charge in [-0.25, -0.2) is 4.39 Å². The molecule has 0 atom stereocenters. The number of hydrogen-bond donors (Lipinski definition) is 0. The van der Waals surface area contributed by atoms with Crippen molar-refractivity contribution in [3.8, 4) is 0 Å². The van der Waals surface area contributed by atoms with E-state index in [1.54, 1.807) is 10.6 Å². The van der Waals surface area contributed by atoms with E-state index in [1.807, 2.05) is 45.1 Å². The molecule has 0 fully saturated rings. The van der Waals surface area contributed by atoms with Crippen molar-refractivity contribution in [1.82, 2.24) is 9.55 Å². The first-order valence-corrected chi connectivity index (χ1v) is 8.70. The fraction of sp³-hybridized carbons (Fsp3) is 0.238. The molecule has 1 amide bonds. The van der Waals surface area contributed by atoms with Crippen LogP contribution in [0, 0.1) is 17.6 Å². The first kappa shape index (κ1) is 18.6. The molecule has 6 heteroatoms. The van der Waals surface area contributed by atoms with Crippen LogP contribution < -0.4 is 10.6 Å². The van der Waals surface area contributed by atoms with Gasteiger partial charge in [0.05, 0.1) is 5.35 Å². The van der Waals surface area contributed by atoms with Crippen molar-refractivity contribution >= 4 is 29.0 Å². The molecule has 27 heavy (non-hydrogen) atoms. The standard InChI is InChI=1S/C21H20FN3O2/c1-4-14-6-8-16(23-19(14)5-2)11-17-13(3)25(12-21(26)24-27)20-9-7-15(22)10-18(17)20/h4-10H,11-12H2,1-3H3/b14-4-,19-5+. The molecular formula is C21H20FN3O2. The maximum absolute atomic E-state index is 13.9. The van der Waals surface area contributed by atoms with E-state index < -0.39 is 5.91 Å². The first-order valence-electron chi connectivity index (χ1n) is 8.70. The Bertz CT molecular complexity index is 1160. The molecule has 0 radical (unpaired) electrons. The van der Waals surface area contributed by atoms with Crippen molar-refractivity contribution in [3.63, 3.8) is 0 Å². The van der Waals surface area contributed by atoms with Crippen LogP contribution in [0.15, 0.2) is 35.5 Å². The minimum absolute atomic E-state index is 0.164. The largest absolute Gasteiger partial charge is 0.335 e. The SMILES string of the molecule is C/C=c1/ccc(Cc2c(C)n(CC(=O)N=O)c3ccc(F)cc23)n/c1=C/C. The van der Waals surface area contributed by atoms with Gasteiger partial charge in [-0.1, -0.05) is 18.2 Å². The highest BCUT2D eigenvalue weighted by molar-refractivity contribution is 5.88. The van der Waals surface area contributed by atoms with Gasteiger partial charge in [-0.05, 0) is 55.8 Å². The molecule has 138 valence electrons. The lowest BCUT2D eigenvalue weighted by Crippen LogP contribution is -2.28. The Hall–Kier alpha value is -3.15. The van der Waals surface area contributed by atoms with E-state index in [0.717, 1.165) is 27.5 Å². The van der Waals surface area contributed by atoms with Crippen molar-refractivity contribution in [2.24, 2.45) is 5.18 Å². The minimum atomic E-state index is -0.769. The van der Waals surface area contributed by atoms with E-state index in [4.69, 9.17) is 0 Å². The van der Waals surface area contributed by atoms with E-state index >= 15 is 0 Å². The van der Waals surface area contributed by atoms with E-state index in [1.165, 1.54) is 12.1 Å². The average Bonchev–Trinajstić information content (AvgIpc) is 2.92. The maximum atomic E-state index is 13.9. The van der Waals surface area contributed by atoms with Crippen LogP contribution in [0.4, 0.5) is 4.39 Å². The molecule has 3 aromatic rings. The van der Waals surface area contributed by atoms with Gasteiger partial charge < -0.3 is 4.57 Å². The number of amides is 1. The Morgan fingerprint density at radius 3 is 2.67 bits per heavy atom. The monoisotopic (exact) mass is 365 g/mol. The van der Waals surface area contributed by atoms with Gasteiger partial charge >= 0.3 is 5.91 Å². The predicted molar refractivity (Wildman–Crippen MR) is 104 cm³/mol. The Morgan fingerprint density at radius 2 is 2.00 bits per heavy atom. The van der Waals surface area contributed by atoms with Crippen LogP contribution >= 0.6 is 0 Å². The molecule has 0 saturated carbocycles. The summed E-state index contributed by atoms with van der Waals surface area (Å²) in [6.07, 6.45) is 4.44. The normalized spacial score (nSPS) is 12.7. The molecule has 3 rings (SSSR count). The van der Waals surface area contributed by atoms with Gasteiger partial charge in [-0.15, -0.1) is 4.91 Å². The lowest BCUT2D eigenvalue weighted by atomic mass is 10.0. The molecule has 2 heterocycles. The zero-order valence-corrected chi connectivity index (χ0v) is 15.5. The summed E-state index contributed by atoms with van der Waals surface area (Å²) in [6, 6.07) is 8.37. The number of carbonyl (C=O) groups excluding carboxylic acids is 1. The zero-order chi connectivity index (χ0) is 19.6. The van der Waals surface area contributed by atoms with Crippen LogP contribution in [-0.2, 0) is 17.8 Å². The van der Waals surface area contributed by atoms with Gasteiger partial charge in [0.1, 0.15) is 12.4 Å². The van der Waals surface area contributed by atoms with Crippen molar-refractivity contribution < 1.29 is 9.18 Å². The summed E-state index contributed by atoms with van der Waals surface area (Å²) in [5.41, 5.74) is 3.22. The number of nitrogens with zero attached hydrogens (tertiary/aromatic N) is 3. The molecule has 5 nitrogen and oxygen atoms in total. The van der Waals surface area contributed by atoms with Crippen LogP contribution in [0.25, 0.3) is 23.1 Å². The number of nitroso groups, excluding NO2 is 1. The number of benzene rings is 1. The molecule has 0 bridgehead atoms. The fourth-order valence-electron chi connectivity index (χ4n) is 3.40. The van der Waals surface area contributed by atoms with Crippen molar-refractivity contribution in [2.45, 2.75) is 33.7 Å². The molecule has 0 spiro atoms. The van der Waals surface area contributed by atoms with Crippen LogP contribution in [0.2, 0.25) is 0 Å². The molecule has 1 aromatic carbocycles. The molecule has 0 aliphatic heterocycles. The number of rotatable bonds is 4. The van der Waals surface area contributed by atoms with Crippen molar-refractivity contribution in [1.29, 1.82) is 0 Å². The van der Waals surface area contributed by atoms with Gasteiger partial charge in [-0.2, -0.15) is 0 Å². The molecule has 0 N–H and O–H groups in total. The third-order valence-electron chi connectivity index (χ3n) is 4.77. The molecular weight excluding hydrogens is 345 g/mol. The topological polar surface area (TPSA) is 64.3 Å². The van der Waals surface area contributed by atoms with Gasteiger partial charge in [0.2, 0.25) is 0 Å². The number of fused-ring (bicyclic) bond motifs is 1. The summed E-state index contributed by atoms with van der Waals surface area (Å²) in [5, 5.41) is 5.13. The summed E-state index contributed by atoms with van der Waals surface area (Å²) in [6.45, 7) is 5.58. The van der Waals surface area contributed by atoms with Gasteiger partial charge in [0, 0.05) is 33.9 Å². The van der Waals surface area contributed by atoms with E-state index in [2.05, 4.69) is 10.2 Å². The lowest BCUT2D eigenvalue weighted by Gasteiger charge is -2.05. The predicted octanol–water partition coefficient (Wildman–Crippen LogP) is 2.97. The van der Waals surface area contributed by atoms with Crippen LogP contribution in [0.1, 0.15) is 30.8 Å². The van der Waals surface area contributed by atoms with Crippen molar-refractivity contribution in [2.75, 3.05) is 0 Å². The number of pyridine rings is 1. The van der Waals surface area contributed by atoms with Crippen molar-refractivity contribution in [3.05, 3.63) is 68.6 Å². The first-order chi connectivity index (χ1) is 13.0. The van der Waals surface area contributed by atoms with E-state index in [-0.39, 0.29) is 12.4 Å². The number of hydrogen-bond acceptors (Lipinski definition) is 3. The molecule has 0 aliphatic rings. The Labute approximate surface area is 155 Å². The summed E-state index contributed by atoms with van der Waals surface area (Å²) in [5.74, 6) is -1.12. The summed E-state index contributed by atoms with van der Waals surface area (Å²) in [7, 11) is 0. The molecule has 2 aromatic heterocycles. The summed E-state index contributed by atoms with van der Waals surface area (Å²) < 4.78 is 15.6. The second kappa shape index (κ2) is 7.61. The molecule has 0 saturated heterocycles. The number of aromatic nitrogens is 2. The van der Waals surface area contributed by atoms with Crippen LogP contribution in [-0.4, -0.2) is 15.5 Å². The minimum Gasteiger partial charge on any atom is -0.335 e. The van der Waals surface area contributed by atoms with E-state index in [9.17, 15) is 14.1 Å². The van der Waals surface area contributed by atoms with Crippen LogP contribution in [0.3, 0.4) is 0 Å². The van der Waals surface area contributed by atoms with Gasteiger partial charge in [0.15, 0.2) is 0 Å². The number of halogens is 1. The average molecular weight is 365 g/mol. The van der Waals surface area contributed by atoms with Crippen LogP contribution in [0.5, 0.6) is 0 Å². The highest BCUT2D eigenvalue weighted by Gasteiger charge is 2.17. The second-order valence-electron chi connectivity index (χ2n) is 6.33. The second-order valence-corrected chi connectivity index (χ2v) is 6.33. The van der Waals surface area contributed by atoms with E-state index in [0.29, 0.717) is 17.3 Å².